The van der Waals surface area contributed by atoms with Crippen LogP contribution in [0.1, 0.15) is 19.8 Å². The molecule has 1 aliphatic heterocycles. The molecule has 0 spiro atoms. The summed E-state index contributed by atoms with van der Waals surface area (Å²) < 4.78 is 5.56. The van der Waals surface area contributed by atoms with E-state index >= 15 is 0 Å². The van der Waals surface area contributed by atoms with E-state index in [1.807, 2.05) is 0 Å². The highest BCUT2D eigenvalue weighted by molar-refractivity contribution is 7.98. The summed E-state index contributed by atoms with van der Waals surface area (Å²) in [6.45, 7) is 3.02. The molecule has 16 heavy (non-hydrogen) atoms. The third-order valence-corrected chi connectivity index (χ3v) is 3.75. The molecule has 2 atom stereocenters. The molecule has 0 saturated carbocycles. The number of hydrogen-bond acceptors (Lipinski definition) is 3. The van der Waals surface area contributed by atoms with Crippen molar-refractivity contribution in [2.24, 2.45) is 0 Å². The summed E-state index contributed by atoms with van der Waals surface area (Å²) in [5.41, 5.74) is 1.26. The van der Waals surface area contributed by atoms with E-state index < -0.39 is 0 Å². The first kappa shape index (κ1) is 11.8. The maximum atomic E-state index is 5.56. The lowest BCUT2D eigenvalue weighted by Crippen LogP contribution is -2.32. The lowest BCUT2D eigenvalue weighted by Gasteiger charge is -2.29. The molecule has 0 bridgehead atoms. The van der Waals surface area contributed by atoms with Crippen LogP contribution in [-0.2, 0) is 4.74 Å². The van der Waals surface area contributed by atoms with Gasteiger partial charge in [0.15, 0.2) is 0 Å². The van der Waals surface area contributed by atoms with Crippen LogP contribution in [0.4, 0.5) is 5.69 Å². The summed E-state index contributed by atoms with van der Waals surface area (Å²) >= 11 is 1.79. The Hall–Kier alpha value is -0.670. The first-order valence-electron chi connectivity index (χ1n) is 5.80. The quantitative estimate of drug-likeness (QED) is 0.814. The first-order chi connectivity index (χ1) is 7.79. The third kappa shape index (κ3) is 2.92. The predicted octanol–water partition coefficient (Wildman–Crippen LogP) is 3.39. The van der Waals surface area contributed by atoms with Crippen LogP contribution >= 0.6 is 11.8 Å². The van der Waals surface area contributed by atoms with E-state index in [-0.39, 0.29) is 0 Å². The van der Waals surface area contributed by atoms with Crippen molar-refractivity contribution in [2.45, 2.75) is 36.8 Å². The Balaban J connectivity index is 2.02. The molecule has 0 radical (unpaired) electrons. The predicted molar refractivity (Wildman–Crippen MR) is 70.3 cm³/mol. The SMILES string of the molecule is CSc1ccccc1NC1CCOC(C)C1. The number of hydrogen-bond donors (Lipinski definition) is 1. The Labute approximate surface area is 102 Å². The van der Waals surface area contributed by atoms with E-state index in [0.29, 0.717) is 12.1 Å². The molecule has 0 aromatic heterocycles. The van der Waals surface area contributed by atoms with Gasteiger partial charge >= 0.3 is 0 Å². The fourth-order valence-corrected chi connectivity index (χ4v) is 2.67. The Morgan fingerprint density at radius 2 is 2.19 bits per heavy atom. The molecule has 2 rings (SSSR count). The lowest BCUT2D eigenvalue weighted by atomic mass is 10.0. The minimum absolute atomic E-state index is 0.382. The van der Waals surface area contributed by atoms with Gasteiger partial charge in [-0.3, -0.25) is 0 Å². The molecule has 88 valence electrons. The summed E-state index contributed by atoms with van der Waals surface area (Å²) in [5, 5.41) is 3.63. The van der Waals surface area contributed by atoms with Crippen LogP contribution in [0, 0.1) is 0 Å². The second kappa shape index (κ2) is 5.60. The van der Waals surface area contributed by atoms with Gasteiger partial charge in [0.25, 0.3) is 0 Å². The van der Waals surface area contributed by atoms with Gasteiger partial charge in [0.2, 0.25) is 0 Å². The van der Waals surface area contributed by atoms with Crippen molar-refractivity contribution in [2.75, 3.05) is 18.2 Å². The minimum Gasteiger partial charge on any atom is -0.381 e. The van der Waals surface area contributed by atoms with Gasteiger partial charge in [0.1, 0.15) is 0 Å². The van der Waals surface area contributed by atoms with Crippen molar-refractivity contribution in [3.8, 4) is 0 Å². The second-order valence-electron chi connectivity index (χ2n) is 4.25. The van der Waals surface area contributed by atoms with E-state index in [0.717, 1.165) is 19.4 Å². The third-order valence-electron chi connectivity index (χ3n) is 2.95. The Bertz CT molecular complexity index is 342. The number of thioether (sulfide) groups is 1. The van der Waals surface area contributed by atoms with Gasteiger partial charge in [-0.2, -0.15) is 0 Å². The van der Waals surface area contributed by atoms with Crippen LogP contribution in [0.25, 0.3) is 0 Å². The molecule has 3 heteroatoms. The van der Waals surface area contributed by atoms with Gasteiger partial charge in [-0.15, -0.1) is 11.8 Å². The normalized spacial score (nSPS) is 25.4. The summed E-state index contributed by atoms with van der Waals surface area (Å²) in [4.78, 5) is 1.32. The van der Waals surface area contributed by atoms with Crippen LogP contribution in [0.2, 0.25) is 0 Å². The van der Waals surface area contributed by atoms with E-state index in [2.05, 4.69) is 42.8 Å². The van der Waals surface area contributed by atoms with Gasteiger partial charge in [0.05, 0.1) is 6.10 Å². The van der Waals surface area contributed by atoms with Crippen molar-refractivity contribution in [3.05, 3.63) is 24.3 Å². The van der Waals surface area contributed by atoms with Gasteiger partial charge in [0, 0.05) is 23.2 Å². The zero-order valence-corrected chi connectivity index (χ0v) is 10.7. The summed E-state index contributed by atoms with van der Waals surface area (Å²) in [5.74, 6) is 0. The number of rotatable bonds is 3. The summed E-state index contributed by atoms with van der Waals surface area (Å²) in [6.07, 6.45) is 4.70. The van der Waals surface area contributed by atoms with Crippen molar-refractivity contribution < 1.29 is 4.74 Å². The molecule has 2 unspecified atom stereocenters. The zero-order chi connectivity index (χ0) is 11.4. The molecule has 1 N–H and O–H groups in total. The Morgan fingerprint density at radius 1 is 1.38 bits per heavy atom. The number of ether oxygens (including phenoxy) is 1. The number of anilines is 1. The highest BCUT2D eigenvalue weighted by Crippen LogP contribution is 2.27. The molecule has 0 amide bonds. The Kier molecular flexibility index (Phi) is 4.13. The monoisotopic (exact) mass is 237 g/mol. The zero-order valence-electron chi connectivity index (χ0n) is 9.90. The van der Waals surface area contributed by atoms with Crippen LogP contribution in [0.15, 0.2) is 29.2 Å². The number of benzene rings is 1. The molecule has 2 nitrogen and oxygen atoms in total. The van der Waals surface area contributed by atoms with E-state index in [1.165, 1.54) is 10.6 Å². The van der Waals surface area contributed by atoms with Crippen molar-refractivity contribution >= 4 is 17.4 Å². The minimum atomic E-state index is 0.382. The average molecular weight is 237 g/mol. The first-order valence-corrected chi connectivity index (χ1v) is 7.03. The smallest absolute Gasteiger partial charge is 0.0566 e. The highest BCUT2D eigenvalue weighted by atomic mass is 32.2. The fraction of sp³-hybridized carbons (Fsp3) is 0.538. The van der Waals surface area contributed by atoms with Crippen LogP contribution in [-0.4, -0.2) is 25.0 Å². The molecule has 1 heterocycles. The molecular weight excluding hydrogens is 218 g/mol. The summed E-state index contributed by atoms with van der Waals surface area (Å²) in [7, 11) is 0. The molecule has 1 aromatic carbocycles. The highest BCUT2D eigenvalue weighted by Gasteiger charge is 2.19. The standard InChI is InChI=1S/C13H19NOS/c1-10-9-11(7-8-15-10)14-12-5-3-4-6-13(12)16-2/h3-6,10-11,14H,7-9H2,1-2H3. The van der Waals surface area contributed by atoms with Crippen LogP contribution < -0.4 is 5.32 Å². The largest absolute Gasteiger partial charge is 0.381 e. The van der Waals surface area contributed by atoms with Crippen molar-refractivity contribution in [1.29, 1.82) is 0 Å². The van der Waals surface area contributed by atoms with E-state index in [9.17, 15) is 0 Å². The average Bonchev–Trinajstić information content (AvgIpc) is 2.30. The molecule has 1 aromatic rings. The van der Waals surface area contributed by atoms with Gasteiger partial charge in [-0.05, 0) is 38.2 Å². The van der Waals surface area contributed by atoms with Crippen molar-refractivity contribution in [1.82, 2.24) is 0 Å². The van der Waals surface area contributed by atoms with Gasteiger partial charge < -0.3 is 10.1 Å². The second-order valence-corrected chi connectivity index (χ2v) is 5.10. The van der Waals surface area contributed by atoms with Gasteiger partial charge in [-0.25, -0.2) is 0 Å². The molecule has 0 aliphatic carbocycles. The van der Waals surface area contributed by atoms with Crippen LogP contribution in [0.5, 0.6) is 0 Å². The molecular formula is C13H19NOS. The van der Waals surface area contributed by atoms with Gasteiger partial charge in [-0.1, -0.05) is 12.1 Å². The van der Waals surface area contributed by atoms with E-state index in [4.69, 9.17) is 4.74 Å². The topological polar surface area (TPSA) is 21.3 Å². The number of nitrogens with one attached hydrogen (secondary N) is 1. The lowest BCUT2D eigenvalue weighted by molar-refractivity contribution is 0.0232. The Morgan fingerprint density at radius 3 is 2.94 bits per heavy atom. The molecule has 1 aliphatic rings. The van der Waals surface area contributed by atoms with Crippen molar-refractivity contribution in [3.63, 3.8) is 0 Å². The molecule has 1 saturated heterocycles. The maximum Gasteiger partial charge on any atom is 0.0566 e. The fourth-order valence-electron chi connectivity index (χ4n) is 2.11. The van der Waals surface area contributed by atoms with Crippen LogP contribution in [0.3, 0.4) is 0 Å². The molecule has 1 fully saturated rings. The summed E-state index contributed by atoms with van der Waals surface area (Å²) in [6, 6.07) is 9.05. The van der Waals surface area contributed by atoms with E-state index in [1.54, 1.807) is 11.8 Å². The maximum absolute atomic E-state index is 5.56. The number of para-hydroxylation sites is 1.